The van der Waals surface area contributed by atoms with Gasteiger partial charge >= 0.3 is 0 Å². The molecule has 0 bridgehead atoms. The smallest absolute Gasteiger partial charge is 0.269 e. The van der Waals surface area contributed by atoms with E-state index in [2.05, 4.69) is 15.6 Å². The molecule has 0 fully saturated rings. The third kappa shape index (κ3) is 5.07. The number of hydrogen-bond donors (Lipinski definition) is 2. The van der Waals surface area contributed by atoms with Crippen LogP contribution in [0.2, 0.25) is 5.02 Å². The molecule has 6 heteroatoms. The number of nitrogens with one attached hydrogen (secondary N) is 2. The van der Waals surface area contributed by atoms with E-state index < -0.39 is 0 Å². The molecule has 2 N–H and O–H groups in total. The van der Waals surface area contributed by atoms with Crippen LogP contribution in [0.4, 0.5) is 5.69 Å². The number of nitrogens with zero attached hydrogens (tertiary/aromatic N) is 1. The summed E-state index contributed by atoms with van der Waals surface area (Å²) in [6.45, 7) is 4.56. The second-order valence-corrected chi connectivity index (χ2v) is 5.93. The molecule has 1 aromatic heterocycles. The lowest BCUT2D eigenvalue weighted by Gasteiger charge is -2.09. The van der Waals surface area contributed by atoms with Crippen LogP contribution in [0.15, 0.2) is 42.6 Å². The standard InChI is InChI=1S/C17H18ClN3O2/c1-11(2)10-20-17(23)15-8-12(6-7-19-15)16(22)21-14-5-3-4-13(18)9-14/h3-9,11H,10H2,1-2H3,(H,20,23)(H,21,22). The van der Waals surface area contributed by atoms with Crippen molar-refractivity contribution in [3.63, 3.8) is 0 Å². The average molecular weight is 332 g/mol. The first-order chi connectivity index (χ1) is 11.0. The molecule has 0 radical (unpaired) electrons. The highest BCUT2D eigenvalue weighted by Crippen LogP contribution is 2.16. The predicted octanol–water partition coefficient (Wildman–Crippen LogP) is 3.37. The Morgan fingerprint density at radius 2 is 1.96 bits per heavy atom. The Morgan fingerprint density at radius 3 is 2.65 bits per heavy atom. The SMILES string of the molecule is CC(C)CNC(=O)c1cc(C(=O)Nc2cccc(Cl)c2)ccn1. The van der Waals surface area contributed by atoms with Crippen LogP contribution in [0, 0.1) is 5.92 Å². The minimum atomic E-state index is -0.326. The molecule has 0 saturated carbocycles. The topological polar surface area (TPSA) is 71.1 Å². The molecule has 1 aromatic carbocycles. The van der Waals surface area contributed by atoms with E-state index in [9.17, 15) is 9.59 Å². The fourth-order valence-corrected chi connectivity index (χ4v) is 2.04. The van der Waals surface area contributed by atoms with Gasteiger partial charge in [0.2, 0.25) is 0 Å². The number of amides is 2. The van der Waals surface area contributed by atoms with Crippen molar-refractivity contribution < 1.29 is 9.59 Å². The number of hydrogen-bond acceptors (Lipinski definition) is 3. The summed E-state index contributed by atoms with van der Waals surface area (Å²) in [6, 6.07) is 9.88. The molecule has 0 aliphatic heterocycles. The lowest BCUT2D eigenvalue weighted by Crippen LogP contribution is -2.28. The number of benzene rings is 1. The van der Waals surface area contributed by atoms with E-state index in [4.69, 9.17) is 11.6 Å². The number of halogens is 1. The van der Waals surface area contributed by atoms with Crippen LogP contribution in [0.25, 0.3) is 0 Å². The number of anilines is 1. The monoisotopic (exact) mass is 331 g/mol. The first-order valence-corrected chi connectivity index (χ1v) is 7.64. The maximum atomic E-state index is 12.3. The molecule has 0 atom stereocenters. The molecule has 0 saturated heterocycles. The fraction of sp³-hybridized carbons (Fsp3) is 0.235. The Balaban J connectivity index is 2.09. The van der Waals surface area contributed by atoms with Gasteiger partial charge in [0.1, 0.15) is 5.69 Å². The highest BCUT2D eigenvalue weighted by Gasteiger charge is 2.12. The quantitative estimate of drug-likeness (QED) is 0.882. The molecule has 2 aromatic rings. The van der Waals surface area contributed by atoms with Crippen LogP contribution in [0.3, 0.4) is 0 Å². The number of rotatable bonds is 5. The highest BCUT2D eigenvalue weighted by molar-refractivity contribution is 6.31. The fourth-order valence-electron chi connectivity index (χ4n) is 1.85. The van der Waals surface area contributed by atoms with Gasteiger partial charge in [-0.25, -0.2) is 0 Å². The highest BCUT2D eigenvalue weighted by atomic mass is 35.5. The van der Waals surface area contributed by atoms with Gasteiger partial charge in [0.15, 0.2) is 0 Å². The number of pyridine rings is 1. The van der Waals surface area contributed by atoms with Crippen molar-refractivity contribution in [2.45, 2.75) is 13.8 Å². The lowest BCUT2D eigenvalue weighted by atomic mass is 10.2. The van der Waals surface area contributed by atoms with Crippen LogP contribution in [0.1, 0.15) is 34.7 Å². The first-order valence-electron chi connectivity index (χ1n) is 7.27. The molecule has 2 rings (SSSR count). The Kier molecular flexibility index (Phi) is 5.71. The van der Waals surface area contributed by atoms with Crippen LogP contribution in [-0.4, -0.2) is 23.3 Å². The number of aromatic nitrogens is 1. The van der Waals surface area contributed by atoms with Crippen LogP contribution in [0.5, 0.6) is 0 Å². The van der Waals surface area contributed by atoms with E-state index in [0.717, 1.165) is 0 Å². The van der Waals surface area contributed by atoms with Gasteiger partial charge < -0.3 is 10.6 Å². The predicted molar refractivity (Wildman–Crippen MR) is 90.8 cm³/mol. The van der Waals surface area contributed by atoms with Gasteiger partial charge in [-0.15, -0.1) is 0 Å². The summed E-state index contributed by atoms with van der Waals surface area (Å²) in [5.74, 6) is -0.281. The van der Waals surface area contributed by atoms with Crippen LogP contribution < -0.4 is 10.6 Å². The first kappa shape index (κ1) is 17.0. The van der Waals surface area contributed by atoms with Crippen molar-refractivity contribution in [3.8, 4) is 0 Å². The largest absolute Gasteiger partial charge is 0.350 e. The maximum absolute atomic E-state index is 12.3. The van der Waals surface area contributed by atoms with Gasteiger partial charge in [0.25, 0.3) is 11.8 Å². The van der Waals surface area contributed by atoms with Crippen molar-refractivity contribution >= 4 is 29.1 Å². The zero-order valence-electron chi connectivity index (χ0n) is 13.0. The van der Waals surface area contributed by atoms with Crippen molar-refractivity contribution in [2.24, 2.45) is 5.92 Å². The third-order valence-electron chi connectivity index (χ3n) is 3.01. The maximum Gasteiger partial charge on any atom is 0.269 e. The van der Waals surface area contributed by atoms with E-state index in [1.54, 1.807) is 30.3 Å². The van der Waals surface area contributed by atoms with Gasteiger partial charge in [0, 0.05) is 29.0 Å². The molecule has 0 aliphatic carbocycles. The van der Waals surface area contributed by atoms with Crippen molar-refractivity contribution in [3.05, 3.63) is 58.9 Å². The van der Waals surface area contributed by atoms with Gasteiger partial charge in [-0.1, -0.05) is 31.5 Å². The molecular weight excluding hydrogens is 314 g/mol. The summed E-state index contributed by atoms with van der Waals surface area (Å²) >= 11 is 5.89. The Bertz CT molecular complexity index is 716. The van der Waals surface area contributed by atoms with E-state index in [0.29, 0.717) is 28.7 Å². The summed E-state index contributed by atoms with van der Waals surface area (Å²) in [6.07, 6.45) is 1.44. The molecule has 0 aliphatic rings. The Labute approximate surface area is 140 Å². The molecule has 2 amide bonds. The molecule has 0 unspecified atom stereocenters. The zero-order valence-corrected chi connectivity index (χ0v) is 13.7. The van der Waals surface area contributed by atoms with E-state index >= 15 is 0 Å². The second-order valence-electron chi connectivity index (χ2n) is 5.50. The molecule has 23 heavy (non-hydrogen) atoms. The average Bonchev–Trinajstić information content (AvgIpc) is 2.52. The molecule has 5 nitrogen and oxygen atoms in total. The summed E-state index contributed by atoms with van der Waals surface area (Å²) < 4.78 is 0. The molecular formula is C17H18ClN3O2. The lowest BCUT2D eigenvalue weighted by molar-refractivity contribution is 0.0944. The minimum absolute atomic E-state index is 0.212. The van der Waals surface area contributed by atoms with Crippen molar-refractivity contribution in [1.82, 2.24) is 10.3 Å². The molecule has 120 valence electrons. The van der Waals surface area contributed by atoms with Gasteiger partial charge in [0.05, 0.1) is 0 Å². The van der Waals surface area contributed by atoms with Crippen molar-refractivity contribution in [2.75, 3.05) is 11.9 Å². The minimum Gasteiger partial charge on any atom is -0.350 e. The Hall–Kier alpha value is -2.40. The van der Waals surface area contributed by atoms with E-state index in [-0.39, 0.29) is 17.5 Å². The summed E-state index contributed by atoms with van der Waals surface area (Å²) in [5.41, 5.74) is 1.16. The van der Waals surface area contributed by atoms with Gasteiger partial charge in [-0.2, -0.15) is 0 Å². The third-order valence-corrected chi connectivity index (χ3v) is 3.24. The van der Waals surface area contributed by atoms with E-state index in [1.807, 2.05) is 13.8 Å². The summed E-state index contributed by atoms with van der Waals surface area (Å²) in [4.78, 5) is 28.3. The van der Waals surface area contributed by atoms with Crippen LogP contribution >= 0.6 is 11.6 Å². The number of carbonyl (C=O) groups is 2. The second kappa shape index (κ2) is 7.74. The zero-order chi connectivity index (χ0) is 16.8. The van der Waals surface area contributed by atoms with Crippen LogP contribution in [-0.2, 0) is 0 Å². The Morgan fingerprint density at radius 1 is 1.17 bits per heavy atom. The normalized spacial score (nSPS) is 10.4. The van der Waals surface area contributed by atoms with Gasteiger partial charge in [-0.3, -0.25) is 14.6 Å². The van der Waals surface area contributed by atoms with E-state index in [1.165, 1.54) is 12.3 Å². The summed E-state index contributed by atoms with van der Waals surface area (Å²) in [7, 11) is 0. The van der Waals surface area contributed by atoms with Gasteiger partial charge in [-0.05, 0) is 36.2 Å². The van der Waals surface area contributed by atoms with Crippen molar-refractivity contribution in [1.29, 1.82) is 0 Å². The molecule has 0 spiro atoms. The summed E-state index contributed by atoms with van der Waals surface area (Å²) in [5, 5.41) is 6.04. The molecule has 1 heterocycles. The number of carbonyl (C=O) groups excluding carboxylic acids is 2.